The van der Waals surface area contributed by atoms with Gasteiger partial charge in [0.15, 0.2) is 0 Å². The summed E-state index contributed by atoms with van der Waals surface area (Å²) >= 11 is 0. The zero-order chi connectivity index (χ0) is 27.1. The van der Waals surface area contributed by atoms with Crippen molar-refractivity contribution in [2.45, 2.75) is 45.0 Å². The van der Waals surface area contributed by atoms with E-state index in [0.717, 1.165) is 12.8 Å². The molecule has 0 spiro atoms. The average molecular weight is 321 g/mol. The van der Waals surface area contributed by atoms with E-state index in [1.165, 1.54) is 24.3 Å². The van der Waals surface area contributed by atoms with E-state index in [9.17, 15) is 5.11 Å². The van der Waals surface area contributed by atoms with Gasteiger partial charge in [0.1, 0.15) is 18.5 Å². The van der Waals surface area contributed by atoms with E-state index in [4.69, 9.17) is 27.3 Å². The summed E-state index contributed by atoms with van der Waals surface area (Å²) in [4.78, 5) is 0. The summed E-state index contributed by atoms with van der Waals surface area (Å²) in [6, 6.07) is 1.60. The summed E-state index contributed by atoms with van der Waals surface area (Å²) in [5.74, 6) is 0.279. The number of aliphatic hydroxyl groups is 1. The van der Waals surface area contributed by atoms with Gasteiger partial charge in [-0.1, -0.05) is 25.8 Å². The Hall–Kier alpha value is -1.10. The van der Waals surface area contributed by atoms with Gasteiger partial charge in [-0.3, -0.25) is 0 Å². The van der Waals surface area contributed by atoms with Gasteiger partial charge in [0, 0.05) is 34.2 Å². The van der Waals surface area contributed by atoms with Gasteiger partial charge in [-0.2, -0.15) is 0 Å². The predicted molar refractivity (Wildman–Crippen MR) is 88.3 cm³/mol. The van der Waals surface area contributed by atoms with Gasteiger partial charge in [0.25, 0.3) is 0 Å². The molecule has 2 rings (SSSR count). The minimum atomic E-state index is -3.45. The van der Waals surface area contributed by atoms with Gasteiger partial charge in [-0.15, -0.1) is 0 Å². The van der Waals surface area contributed by atoms with Crippen LogP contribution in [0.25, 0.3) is 0 Å². The maximum atomic E-state index is 10.2. The van der Waals surface area contributed by atoms with Crippen LogP contribution in [0.3, 0.4) is 0 Å². The van der Waals surface area contributed by atoms with Crippen LogP contribution >= 0.6 is 0 Å². The second-order valence-corrected chi connectivity index (χ2v) is 4.98. The van der Waals surface area contributed by atoms with E-state index >= 15 is 0 Å². The van der Waals surface area contributed by atoms with Crippen LogP contribution in [-0.4, -0.2) is 43.5 Å². The number of hydrogen-bond acceptors (Lipinski definition) is 4. The molecule has 1 aliphatic carbocycles. The molecule has 0 amide bonds. The molecule has 0 bridgehead atoms. The zero-order valence-corrected chi connectivity index (χ0v) is 12.1. The molecular formula is C18H29NO3. The van der Waals surface area contributed by atoms with Crippen LogP contribution in [0.4, 0.5) is 0 Å². The Morgan fingerprint density at radius 3 is 2.86 bits per heavy atom. The van der Waals surface area contributed by atoms with Crippen molar-refractivity contribution in [3.05, 3.63) is 29.8 Å². The molecule has 2 N–H and O–H groups in total. The Bertz CT molecular complexity index is 837. The van der Waals surface area contributed by atoms with Crippen LogP contribution in [0.2, 0.25) is 0 Å². The number of aliphatic hydroxyl groups excluding tert-OH is 1. The fraction of sp³-hybridized carbons (Fsp3) is 0.667. The summed E-state index contributed by atoms with van der Waals surface area (Å²) < 4.78 is 110. The molecule has 1 unspecified atom stereocenters. The van der Waals surface area contributed by atoms with Crippen LogP contribution in [0, 0.1) is 5.92 Å². The third-order valence-electron chi connectivity index (χ3n) is 2.91. The Morgan fingerprint density at radius 1 is 1.41 bits per heavy atom. The summed E-state index contributed by atoms with van der Waals surface area (Å²) in [5.41, 5.74) is -0.0439. The van der Waals surface area contributed by atoms with Crippen molar-refractivity contribution in [3.63, 3.8) is 0 Å². The van der Waals surface area contributed by atoms with Crippen molar-refractivity contribution in [3.8, 4) is 5.75 Å². The van der Waals surface area contributed by atoms with Crippen molar-refractivity contribution in [1.82, 2.24) is 5.32 Å². The number of nitrogens with one attached hydrogen (secondary N) is 1. The SMILES string of the molecule is [2H]C([2H])(NC([2H])(C([2H])([2H])[2H])C([2H])([2H])[2H])C(O)COc1ccc(C([2H])([2H])C([2H])([2H])OCC2CC2)cc1. The highest BCUT2D eigenvalue weighted by atomic mass is 16.5. The Morgan fingerprint density at radius 2 is 2.18 bits per heavy atom. The predicted octanol–water partition coefficient (Wildman–Crippen LogP) is 2.39. The number of rotatable bonds is 11. The first-order chi connectivity index (χ1) is 15.6. The maximum absolute atomic E-state index is 10.2. The lowest BCUT2D eigenvalue weighted by Crippen LogP contribution is -2.35. The van der Waals surface area contributed by atoms with E-state index < -0.39 is 51.9 Å². The molecule has 1 aliphatic rings. The summed E-state index contributed by atoms with van der Waals surface area (Å²) in [6.07, 6.45) is -2.75. The highest BCUT2D eigenvalue weighted by molar-refractivity contribution is 5.27. The zero-order valence-electron chi connectivity index (χ0n) is 25.1. The van der Waals surface area contributed by atoms with Crippen molar-refractivity contribution in [2.24, 2.45) is 5.92 Å². The Labute approximate surface area is 152 Å². The van der Waals surface area contributed by atoms with Crippen molar-refractivity contribution >= 4 is 0 Å². The first kappa shape index (κ1) is 6.80. The quantitative estimate of drug-likeness (QED) is 0.657. The summed E-state index contributed by atoms with van der Waals surface area (Å²) in [5, 5.41) is 11.8. The van der Waals surface area contributed by atoms with E-state index in [0.29, 0.717) is 0 Å². The highest BCUT2D eigenvalue weighted by Gasteiger charge is 2.20. The van der Waals surface area contributed by atoms with Crippen molar-refractivity contribution < 1.29 is 32.4 Å². The lowest BCUT2D eigenvalue weighted by molar-refractivity contribution is 0.104. The molecule has 4 heteroatoms. The molecule has 0 heterocycles. The average Bonchev–Trinajstić information content (AvgIpc) is 3.53. The maximum Gasteiger partial charge on any atom is 0.119 e. The van der Waals surface area contributed by atoms with Crippen LogP contribution in [0.1, 0.15) is 49.9 Å². The van der Waals surface area contributed by atoms with Gasteiger partial charge in [-0.25, -0.2) is 0 Å². The lowest BCUT2D eigenvalue weighted by atomic mass is 10.1. The number of benzene rings is 1. The van der Waals surface area contributed by atoms with Gasteiger partial charge < -0.3 is 19.9 Å². The van der Waals surface area contributed by atoms with E-state index in [1.54, 1.807) is 5.32 Å². The highest BCUT2D eigenvalue weighted by Crippen LogP contribution is 2.28. The van der Waals surface area contributed by atoms with Crippen molar-refractivity contribution in [2.75, 3.05) is 26.3 Å². The monoisotopic (exact) mass is 320 g/mol. The topological polar surface area (TPSA) is 50.7 Å². The largest absolute Gasteiger partial charge is 0.491 e. The number of ether oxygens (including phenoxy) is 2. The normalized spacial score (nSPS) is 28.3. The molecule has 1 atom stereocenters. The lowest BCUT2D eigenvalue weighted by Gasteiger charge is -2.15. The minimum Gasteiger partial charge on any atom is -0.491 e. The van der Waals surface area contributed by atoms with Crippen LogP contribution < -0.4 is 10.1 Å². The fourth-order valence-electron chi connectivity index (χ4n) is 1.55. The Balaban J connectivity index is 2.05. The molecule has 0 aliphatic heterocycles. The molecule has 1 saturated carbocycles. The molecule has 1 aromatic carbocycles. The molecule has 4 nitrogen and oxygen atoms in total. The van der Waals surface area contributed by atoms with Gasteiger partial charge >= 0.3 is 0 Å². The molecule has 22 heavy (non-hydrogen) atoms. The van der Waals surface area contributed by atoms with Crippen LogP contribution in [0.15, 0.2) is 24.3 Å². The molecule has 0 aromatic heterocycles. The first-order valence-electron chi connectivity index (χ1n) is 13.5. The molecule has 124 valence electrons. The number of aryl methyl sites for hydroxylation is 1. The molecule has 1 fully saturated rings. The second-order valence-electron chi connectivity index (χ2n) is 4.98. The van der Waals surface area contributed by atoms with E-state index in [2.05, 4.69) is 0 Å². The van der Waals surface area contributed by atoms with E-state index in [1.807, 2.05) is 0 Å². The van der Waals surface area contributed by atoms with Crippen LogP contribution in [-0.2, 0) is 11.1 Å². The number of hydrogen-bond donors (Lipinski definition) is 2. The molecule has 1 aromatic rings. The standard InChI is InChI=1S/C18H29NO3/c1-14(2)19-11-17(20)13-22-18-7-5-15(6-8-18)9-10-21-12-16-3-4-16/h5-8,14,16-17,19-20H,3-4,9-13H2,1-2H3/i1D3,2D3,9D2,10D2,11D2,14D. The minimum absolute atomic E-state index is 0.0439. The Kier molecular flexibility index (Phi) is 2.82. The molecular weight excluding hydrogens is 278 g/mol. The molecule has 0 saturated heterocycles. The first-order valence-corrected chi connectivity index (χ1v) is 6.99. The summed E-state index contributed by atoms with van der Waals surface area (Å²) in [6.45, 7) is -13.2. The fourth-order valence-corrected chi connectivity index (χ4v) is 1.55. The van der Waals surface area contributed by atoms with Gasteiger partial charge in [0.05, 0.1) is 9.30 Å². The smallest absolute Gasteiger partial charge is 0.119 e. The third-order valence-corrected chi connectivity index (χ3v) is 2.91. The van der Waals surface area contributed by atoms with Gasteiger partial charge in [-0.05, 0) is 42.8 Å². The van der Waals surface area contributed by atoms with Gasteiger partial charge in [0.2, 0.25) is 0 Å². The van der Waals surface area contributed by atoms with Crippen LogP contribution in [0.5, 0.6) is 5.75 Å². The third kappa shape index (κ3) is 7.25. The molecule has 0 radical (unpaired) electrons. The summed E-state index contributed by atoms with van der Waals surface area (Å²) in [7, 11) is 0. The van der Waals surface area contributed by atoms with E-state index in [-0.39, 0.29) is 23.8 Å². The second kappa shape index (κ2) is 9.13. The van der Waals surface area contributed by atoms with Crippen molar-refractivity contribution in [1.29, 1.82) is 0 Å².